The quantitative estimate of drug-likeness (QED) is 0.900. The third-order valence-corrected chi connectivity index (χ3v) is 2.45. The molecule has 0 unspecified atom stereocenters. The average Bonchev–Trinajstić information content (AvgIpc) is 2.45. The summed E-state index contributed by atoms with van der Waals surface area (Å²) in [6.45, 7) is 2.59. The van der Waals surface area contributed by atoms with Gasteiger partial charge >= 0.3 is 0 Å². The Hall–Kier alpha value is -1.19. The van der Waals surface area contributed by atoms with Gasteiger partial charge in [-0.1, -0.05) is 23.7 Å². The number of hydrogen-bond donors (Lipinski definition) is 1. The molecular formula is C11H13Cl2N3. The number of anilines is 1. The van der Waals surface area contributed by atoms with Crippen molar-refractivity contribution in [3.63, 3.8) is 0 Å². The lowest BCUT2D eigenvalue weighted by atomic mass is 10.2. The van der Waals surface area contributed by atoms with Gasteiger partial charge in [0.05, 0.1) is 17.9 Å². The Morgan fingerprint density at radius 2 is 2.19 bits per heavy atom. The zero-order chi connectivity index (χ0) is 10.8. The second-order valence-electron chi connectivity index (χ2n) is 3.50. The highest BCUT2D eigenvalue weighted by molar-refractivity contribution is 6.30. The predicted molar refractivity (Wildman–Crippen MR) is 69.2 cm³/mol. The molecule has 16 heavy (non-hydrogen) atoms. The van der Waals surface area contributed by atoms with Crippen molar-refractivity contribution in [2.24, 2.45) is 0 Å². The molecule has 0 atom stereocenters. The minimum atomic E-state index is 0. The first-order chi connectivity index (χ1) is 7.15. The average molecular weight is 258 g/mol. The number of aryl methyl sites for hydroxylation is 1. The summed E-state index contributed by atoms with van der Waals surface area (Å²) in [6, 6.07) is 7.72. The number of halogens is 2. The molecule has 0 aliphatic rings. The molecule has 0 aliphatic carbocycles. The van der Waals surface area contributed by atoms with Crippen LogP contribution in [0.3, 0.4) is 0 Å². The van der Waals surface area contributed by atoms with E-state index in [9.17, 15) is 0 Å². The predicted octanol–water partition coefficient (Wildman–Crippen LogP) is 2.90. The molecule has 0 aliphatic heterocycles. The number of nitrogen functional groups attached to an aromatic ring is 1. The van der Waals surface area contributed by atoms with E-state index in [1.54, 1.807) is 0 Å². The highest BCUT2D eigenvalue weighted by Crippen LogP contribution is 2.13. The molecule has 0 spiro atoms. The molecule has 1 aromatic heterocycles. The summed E-state index contributed by atoms with van der Waals surface area (Å²) in [5.41, 5.74) is 8.41. The molecule has 0 fully saturated rings. The molecular weight excluding hydrogens is 245 g/mol. The van der Waals surface area contributed by atoms with Crippen LogP contribution in [-0.4, -0.2) is 9.78 Å². The minimum absolute atomic E-state index is 0. The van der Waals surface area contributed by atoms with Crippen LogP contribution < -0.4 is 5.73 Å². The fourth-order valence-electron chi connectivity index (χ4n) is 1.44. The van der Waals surface area contributed by atoms with Crippen molar-refractivity contribution in [3.05, 3.63) is 46.7 Å². The van der Waals surface area contributed by atoms with Crippen molar-refractivity contribution in [3.8, 4) is 0 Å². The maximum atomic E-state index is 5.89. The lowest BCUT2D eigenvalue weighted by molar-refractivity contribution is 0.679. The molecule has 2 aromatic rings. The number of nitrogens with zero attached hydrogens (tertiary/aromatic N) is 2. The first kappa shape index (κ1) is 12.9. The number of rotatable bonds is 2. The highest BCUT2D eigenvalue weighted by atomic mass is 35.5. The van der Waals surface area contributed by atoms with Crippen molar-refractivity contribution >= 4 is 29.7 Å². The molecule has 0 saturated carbocycles. The van der Waals surface area contributed by atoms with Crippen LogP contribution in [0.4, 0.5) is 5.69 Å². The SMILES string of the molecule is Cc1nn(Cc2cccc(Cl)c2)cc1N.Cl. The molecule has 1 aromatic carbocycles. The van der Waals surface area contributed by atoms with Crippen LogP contribution in [0.5, 0.6) is 0 Å². The van der Waals surface area contributed by atoms with Crippen molar-refractivity contribution in [1.82, 2.24) is 9.78 Å². The monoisotopic (exact) mass is 257 g/mol. The third kappa shape index (κ3) is 2.90. The van der Waals surface area contributed by atoms with E-state index in [0.29, 0.717) is 6.54 Å². The van der Waals surface area contributed by atoms with Crippen molar-refractivity contribution in [2.45, 2.75) is 13.5 Å². The van der Waals surface area contributed by atoms with Gasteiger partial charge in [-0.25, -0.2) is 0 Å². The van der Waals surface area contributed by atoms with Crippen molar-refractivity contribution in [2.75, 3.05) is 5.73 Å². The molecule has 5 heteroatoms. The summed E-state index contributed by atoms with van der Waals surface area (Å²) in [4.78, 5) is 0. The number of benzene rings is 1. The lowest BCUT2D eigenvalue weighted by Gasteiger charge is -2.01. The van der Waals surface area contributed by atoms with E-state index in [1.807, 2.05) is 42.1 Å². The van der Waals surface area contributed by atoms with E-state index in [1.165, 1.54) is 0 Å². The van der Waals surface area contributed by atoms with Crippen LogP contribution in [-0.2, 0) is 6.54 Å². The molecule has 0 amide bonds. The van der Waals surface area contributed by atoms with E-state index in [0.717, 1.165) is 22.0 Å². The van der Waals surface area contributed by atoms with Crippen LogP contribution in [0.2, 0.25) is 5.02 Å². The standard InChI is InChI=1S/C11H12ClN3.ClH/c1-8-11(13)7-15(14-8)6-9-3-2-4-10(12)5-9;/h2-5,7H,6,13H2,1H3;1H. The first-order valence-electron chi connectivity index (χ1n) is 4.69. The maximum absolute atomic E-state index is 5.89. The summed E-state index contributed by atoms with van der Waals surface area (Å²) in [7, 11) is 0. The number of nitrogens with two attached hydrogens (primary N) is 1. The Balaban J connectivity index is 0.00000128. The molecule has 1 heterocycles. The fourth-order valence-corrected chi connectivity index (χ4v) is 1.65. The second-order valence-corrected chi connectivity index (χ2v) is 3.93. The van der Waals surface area contributed by atoms with Gasteiger partial charge in [-0.05, 0) is 24.6 Å². The molecule has 2 N–H and O–H groups in total. The summed E-state index contributed by atoms with van der Waals surface area (Å²) >= 11 is 5.89. The van der Waals surface area contributed by atoms with Gasteiger partial charge in [-0.2, -0.15) is 5.10 Å². The van der Waals surface area contributed by atoms with E-state index >= 15 is 0 Å². The smallest absolute Gasteiger partial charge is 0.0823 e. The summed E-state index contributed by atoms with van der Waals surface area (Å²) < 4.78 is 1.82. The minimum Gasteiger partial charge on any atom is -0.396 e. The summed E-state index contributed by atoms with van der Waals surface area (Å²) in [5.74, 6) is 0. The van der Waals surface area contributed by atoms with E-state index < -0.39 is 0 Å². The van der Waals surface area contributed by atoms with Crippen LogP contribution in [0.1, 0.15) is 11.3 Å². The van der Waals surface area contributed by atoms with E-state index in [2.05, 4.69) is 5.10 Å². The second kappa shape index (κ2) is 5.23. The Bertz CT molecular complexity index is 460. The Morgan fingerprint density at radius 3 is 2.75 bits per heavy atom. The van der Waals surface area contributed by atoms with Crippen LogP contribution in [0.25, 0.3) is 0 Å². The molecule has 86 valence electrons. The summed E-state index contributed by atoms with van der Waals surface area (Å²) in [5, 5.41) is 5.02. The Kier molecular flexibility index (Phi) is 4.21. The van der Waals surface area contributed by atoms with Gasteiger partial charge in [-0.3, -0.25) is 4.68 Å². The van der Waals surface area contributed by atoms with Crippen molar-refractivity contribution in [1.29, 1.82) is 0 Å². The van der Waals surface area contributed by atoms with Gasteiger partial charge in [0.2, 0.25) is 0 Å². The Labute approximate surface area is 106 Å². The molecule has 0 saturated heterocycles. The van der Waals surface area contributed by atoms with Crippen LogP contribution >= 0.6 is 24.0 Å². The van der Waals surface area contributed by atoms with Gasteiger partial charge in [0.25, 0.3) is 0 Å². The molecule has 2 rings (SSSR count). The zero-order valence-corrected chi connectivity index (χ0v) is 10.4. The van der Waals surface area contributed by atoms with Gasteiger partial charge < -0.3 is 5.73 Å². The van der Waals surface area contributed by atoms with Crippen molar-refractivity contribution < 1.29 is 0 Å². The Morgan fingerprint density at radius 1 is 1.44 bits per heavy atom. The normalized spacial score (nSPS) is 9.88. The van der Waals surface area contributed by atoms with Gasteiger partial charge in [0.1, 0.15) is 0 Å². The maximum Gasteiger partial charge on any atom is 0.0823 e. The van der Waals surface area contributed by atoms with Gasteiger partial charge in [0.15, 0.2) is 0 Å². The molecule has 3 nitrogen and oxygen atoms in total. The first-order valence-corrected chi connectivity index (χ1v) is 5.07. The largest absolute Gasteiger partial charge is 0.396 e. The summed E-state index contributed by atoms with van der Waals surface area (Å²) in [6.07, 6.45) is 1.83. The highest BCUT2D eigenvalue weighted by Gasteiger charge is 2.01. The lowest BCUT2D eigenvalue weighted by Crippen LogP contribution is -2.00. The van der Waals surface area contributed by atoms with E-state index in [-0.39, 0.29) is 12.4 Å². The topological polar surface area (TPSA) is 43.8 Å². The number of hydrogen-bond acceptors (Lipinski definition) is 2. The molecule has 0 bridgehead atoms. The van der Waals surface area contributed by atoms with E-state index in [4.69, 9.17) is 17.3 Å². The number of aromatic nitrogens is 2. The van der Waals surface area contributed by atoms with Gasteiger partial charge in [0, 0.05) is 11.2 Å². The van der Waals surface area contributed by atoms with Gasteiger partial charge in [-0.15, -0.1) is 12.4 Å². The fraction of sp³-hybridized carbons (Fsp3) is 0.182. The third-order valence-electron chi connectivity index (χ3n) is 2.22. The van der Waals surface area contributed by atoms with Crippen LogP contribution in [0, 0.1) is 6.92 Å². The molecule has 0 radical (unpaired) electrons. The zero-order valence-electron chi connectivity index (χ0n) is 8.85. The van der Waals surface area contributed by atoms with Crippen LogP contribution in [0.15, 0.2) is 30.5 Å².